The maximum atomic E-state index is 10.3. The van der Waals surface area contributed by atoms with Gasteiger partial charge < -0.3 is 0 Å². The lowest BCUT2D eigenvalue weighted by Crippen LogP contribution is -2.28. The van der Waals surface area contributed by atoms with Gasteiger partial charge in [0, 0.05) is 20.8 Å². The molecule has 0 saturated carbocycles. The first-order chi connectivity index (χ1) is 7.41. The monoisotopic (exact) mass is 239 g/mol. The smallest absolute Gasteiger partial charge is 0.276 e. The zero-order chi connectivity index (χ0) is 12.6. The van der Waals surface area contributed by atoms with E-state index in [0.29, 0.717) is 0 Å². The van der Waals surface area contributed by atoms with Crippen LogP contribution >= 0.6 is 0 Å². The van der Waals surface area contributed by atoms with E-state index in [1.54, 1.807) is 0 Å². The summed E-state index contributed by atoms with van der Waals surface area (Å²) in [6, 6.07) is 0. The minimum absolute atomic E-state index is 0.163. The summed E-state index contributed by atoms with van der Waals surface area (Å²) in [6.45, 7) is 3.03. The van der Waals surface area contributed by atoms with Crippen molar-refractivity contribution in [2.45, 2.75) is 20.8 Å². The van der Waals surface area contributed by atoms with Crippen molar-refractivity contribution < 1.29 is 44.0 Å². The van der Waals surface area contributed by atoms with E-state index < -0.39 is 17.9 Å². The molecular weight excluding hydrogens is 230 g/mol. The number of carbonyl (C=O) groups excluding carboxylic acids is 3. The van der Waals surface area contributed by atoms with Crippen LogP contribution in [0.2, 0.25) is 0 Å². The molecule has 0 aromatic carbocycles. The van der Waals surface area contributed by atoms with Gasteiger partial charge in [0.2, 0.25) is 0 Å². The molecule has 16 heavy (non-hydrogen) atoms. The molecule has 0 aliphatic rings. The van der Waals surface area contributed by atoms with E-state index in [1.165, 1.54) is 0 Å². The Morgan fingerprint density at radius 1 is 0.688 bits per heavy atom. The van der Waals surface area contributed by atoms with Crippen molar-refractivity contribution in [3.05, 3.63) is 0 Å². The maximum absolute atomic E-state index is 10.3. The Morgan fingerprint density at radius 2 is 0.938 bits per heavy atom. The molecule has 0 bridgehead atoms. The summed E-state index contributed by atoms with van der Waals surface area (Å²) >= 11 is 0. The van der Waals surface area contributed by atoms with Crippen molar-refractivity contribution in [2.24, 2.45) is 0 Å². The van der Waals surface area contributed by atoms with Gasteiger partial charge in [-0.25, -0.2) is 14.4 Å². The van der Waals surface area contributed by atoms with Crippen molar-refractivity contribution in [3.63, 3.8) is 0 Å². The van der Waals surface area contributed by atoms with Crippen LogP contribution in [0.4, 0.5) is 0 Å². The Bertz CT molecular complexity index is 222. The van der Waals surface area contributed by atoms with Gasteiger partial charge in [0.1, 0.15) is 0 Å². The number of nitrogens with zero attached hydrogens (tertiary/aromatic N) is 1. The highest BCUT2D eigenvalue weighted by molar-refractivity contribution is 5.65. The van der Waals surface area contributed by atoms with Crippen molar-refractivity contribution in [2.75, 3.05) is 0 Å². The van der Waals surface area contributed by atoms with Gasteiger partial charge >= 0.3 is 17.9 Å². The number of hydrogen-bond donors (Lipinski definition) is 0. The first-order valence-corrected chi connectivity index (χ1v) is 3.77. The molecule has 0 atom stereocenters. The molecular formula is C6H9NO9. The van der Waals surface area contributed by atoms with Crippen molar-refractivity contribution in [1.82, 2.24) is 5.39 Å². The van der Waals surface area contributed by atoms with Crippen LogP contribution in [0.3, 0.4) is 0 Å². The average molecular weight is 239 g/mol. The molecule has 0 fully saturated rings. The quantitative estimate of drug-likeness (QED) is 0.445. The van der Waals surface area contributed by atoms with Crippen LogP contribution in [0.1, 0.15) is 20.8 Å². The lowest BCUT2D eigenvalue weighted by Gasteiger charge is -2.11. The molecule has 0 amide bonds. The average Bonchev–Trinajstić information content (AvgIpc) is 2.15. The lowest BCUT2D eigenvalue weighted by molar-refractivity contribution is -0.716. The van der Waals surface area contributed by atoms with Crippen LogP contribution in [0.5, 0.6) is 0 Å². The van der Waals surface area contributed by atoms with Gasteiger partial charge in [0.05, 0.1) is 0 Å². The van der Waals surface area contributed by atoms with Crippen molar-refractivity contribution in [1.29, 1.82) is 0 Å². The van der Waals surface area contributed by atoms with Crippen LogP contribution in [0.15, 0.2) is 0 Å². The highest BCUT2D eigenvalue weighted by Gasteiger charge is 2.16. The number of hydrogen-bond acceptors (Lipinski definition) is 10. The largest absolute Gasteiger partial charge is 0.341 e. The first kappa shape index (κ1) is 14.2. The van der Waals surface area contributed by atoms with Crippen LogP contribution in [-0.4, -0.2) is 23.3 Å². The fraction of sp³-hybridized carbons (Fsp3) is 0.500. The van der Waals surface area contributed by atoms with Crippen LogP contribution in [0.25, 0.3) is 0 Å². The van der Waals surface area contributed by atoms with E-state index >= 15 is 0 Å². The Labute approximate surface area is 89.1 Å². The standard InChI is InChI=1S/C6H9NO9/c1-4(8)11-14-7(15-12-5(2)9)16-13-6(3)10/h1-3H3. The first-order valence-electron chi connectivity index (χ1n) is 3.77. The fourth-order valence-corrected chi connectivity index (χ4v) is 0.286. The van der Waals surface area contributed by atoms with Gasteiger partial charge in [-0.15, -0.1) is 0 Å². The highest BCUT2D eigenvalue weighted by Crippen LogP contribution is 1.98. The Kier molecular flexibility index (Phi) is 6.71. The zero-order valence-corrected chi connectivity index (χ0v) is 8.62. The van der Waals surface area contributed by atoms with E-state index in [-0.39, 0.29) is 5.39 Å². The van der Waals surface area contributed by atoms with Crippen LogP contribution in [0, 0.1) is 0 Å². The Hall–Kier alpha value is -1.75. The molecule has 0 radical (unpaired) electrons. The van der Waals surface area contributed by atoms with Crippen molar-refractivity contribution in [3.8, 4) is 0 Å². The molecule has 0 aromatic heterocycles. The van der Waals surface area contributed by atoms with E-state index in [1.807, 2.05) is 0 Å². The predicted molar refractivity (Wildman–Crippen MR) is 40.4 cm³/mol. The third kappa shape index (κ3) is 8.83. The summed E-state index contributed by atoms with van der Waals surface area (Å²) in [5.74, 6) is -2.58. The predicted octanol–water partition coefficient (Wildman–Crippen LogP) is -0.483. The zero-order valence-electron chi connectivity index (χ0n) is 8.62. The molecule has 0 unspecified atom stereocenters. The highest BCUT2D eigenvalue weighted by atomic mass is 17.6. The summed E-state index contributed by atoms with van der Waals surface area (Å²) < 4.78 is 0. The summed E-state index contributed by atoms with van der Waals surface area (Å²) in [7, 11) is 0. The Balaban J connectivity index is 3.98. The summed E-state index contributed by atoms with van der Waals surface area (Å²) in [4.78, 5) is 54.7. The number of rotatable bonds is 6. The minimum Gasteiger partial charge on any atom is -0.276 e. The fourth-order valence-electron chi connectivity index (χ4n) is 0.286. The van der Waals surface area contributed by atoms with E-state index in [0.717, 1.165) is 20.8 Å². The second-order valence-corrected chi connectivity index (χ2v) is 2.17. The normalized spacial score (nSPS) is 9.75. The third-order valence-corrected chi connectivity index (χ3v) is 0.646. The summed E-state index contributed by atoms with van der Waals surface area (Å²) in [5.41, 5.74) is 0. The third-order valence-electron chi connectivity index (χ3n) is 0.646. The lowest BCUT2D eigenvalue weighted by atomic mass is 10.8. The SMILES string of the molecule is CC(=O)OON(OOC(C)=O)OOC(C)=O. The van der Waals surface area contributed by atoms with Gasteiger partial charge in [-0.05, 0) is 15.0 Å². The molecule has 0 spiro atoms. The van der Waals surface area contributed by atoms with E-state index in [2.05, 4.69) is 29.6 Å². The molecule has 92 valence electrons. The van der Waals surface area contributed by atoms with Crippen LogP contribution in [-0.2, 0) is 44.0 Å². The molecule has 0 aliphatic heterocycles. The van der Waals surface area contributed by atoms with Gasteiger partial charge in [-0.3, -0.25) is 14.7 Å². The Morgan fingerprint density at radius 3 is 1.12 bits per heavy atom. The van der Waals surface area contributed by atoms with E-state index in [4.69, 9.17) is 0 Å². The molecule has 10 heteroatoms. The van der Waals surface area contributed by atoms with Crippen molar-refractivity contribution >= 4 is 17.9 Å². The molecule has 0 aliphatic carbocycles. The molecule has 0 N–H and O–H groups in total. The summed E-state index contributed by atoms with van der Waals surface area (Å²) in [5, 5.41) is -0.163. The molecule has 10 nitrogen and oxygen atoms in total. The van der Waals surface area contributed by atoms with Gasteiger partial charge in [-0.2, -0.15) is 0 Å². The second kappa shape index (κ2) is 7.53. The number of carbonyl (C=O) groups is 3. The summed E-state index contributed by atoms with van der Waals surface area (Å²) in [6.07, 6.45) is 0. The molecule has 0 rings (SSSR count). The molecule has 0 aromatic rings. The maximum Gasteiger partial charge on any atom is 0.341 e. The second-order valence-electron chi connectivity index (χ2n) is 2.17. The van der Waals surface area contributed by atoms with E-state index in [9.17, 15) is 14.4 Å². The van der Waals surface area contributed by atoms with Crippen LogP contribution < -0.4 is 0 Å². The molecule has 0 heterocycles. The minimum atomic E-state index is -0.858. The topological polar surface area (TPSA) is 110 Å². The van der Waals surface area contributed by atoms with Gasteiger partial charge in [-0.1, -0.05) is 0 Å². The van der Waals surface area contributed by atoms with Gasteiger partial charge in [0.25, 0.3) is 0 Å². The molecule has 0 saturated heterocycles. The van der Waals surface area contributed by atoms with Gasteiger partial charge in [0.15, 0.2) is 5.39 Å².